The van der Waals surface area contributed by atoms with Crippen molar-refractivity contribution < 1.29 is 13.6 Å². The molecule has 1 heterocycles. The molecular formula is C20H13F2N5O. The quantitative estimate of drug-likeness (QED) is 0.586. The van der Waals surface area contributed by atoms with Gasteiger partial charge in [0.2, 0.25) is 0 Å². The fourth-order valence-electron chi connectivity index (χ4n) is 2.80. The lowest BCUT2D eigenvalue weighted by Crippen LogP contribution is -2.14. The van der Waals surface area contributed by atoms with E-state index in [9.17, 15) is 13.6 Å². The second kappa shape index (κ2) is 7.36. The molecule has 1 N–H and O–H groups in total. The van der Waals surface area contributed by atoms with Crippen LogP contribution >= 0.6 is 0 Å². The van der Waals surface area contributed by atoms with Crippen LogP contribution < -0.4 is 5.32 Å². The monoisotopic (exact) mass is 377 g/mol. The number of carbonyl (C=O) groups is 1. The Morgan fingerprint density at radius 2 is 1.79 bits per heavy atom. The van der Waals surface area contributed by atoms with Gasteiger partial charge in [-0.25, -0.2) is 13.5 Å². The van der Waals surface area contributed by atoms with Crippen molar-refractivity contribution in [1.29, 1.82) is 0 Å². The van der Waals surface area contributed by atoms with Crippen molar-refractivity contribution in [3.05, 3.63) is 90.3 Å². The minimum absolute atomic E-state index is 0.0922. The van der Waals surface area contributed by atoms with Crippen LogP contribution in [0.4, 0.5) is 14.5 Å². The third-order valence-electron chi connectivity index (χ3n) is 4.10. The Hall–Kier alpha value is -3.94. The highest BCUT2D eigenvalue weighted by Gasteiger charge is 2.17. The number of aromatic nitrogens is 4. The van der Waals surface area contributed by atoms with Crippen LogP contribution in [0.2, 0.25) is 0 Å². The molecule has 0 radical (unpaired) electrons. The summed E-state index contributed by atoms with van der Waals surface area (Å²) in [6.45, 7) is 0. The fourth-order valence-corrected chi connectivity index (χ4v) is 2.80. The molecule has 0 bridgehead atoms. The summed E-state index contributed by atoms with van der Waals surface area (Å²) in [6, 6.07) is 17.2. The molecule has 0 aliphatic heterocycles. The molecule has 0 spiro atoms. The van der Waals surface area contributed by atoms with Gasteiger partial charge in [0.25, 0.3) is 5.91 Å². The van der Waals surface area contributed by atoms with Crippen LogP contribution in [0.25, 0.3) is 16.8 Å². The highest BCUT2D eigenvalue weighted by molar-refractivity contribution is 6.06. The Balaban J connectivity index is 1.70. The molecular weight excluding hydrogens is 364 g/mol. The summed E-state index contributed by atoms with van der Waals surface area (Å²) in [7, 11) is 0. The van der Waals surface area contributed by atoms with Gasteiger partial charge in [-0.05, 0) is 40.3 Å². The van der Waals surface area contributed by atoms with Crippen molar-refractivity contribution >= 4 is 11.6 Å². The normalized spacial score (nSPS) is 10.6. The van der Waals surface area contributed by atoms with Gasteiger partial charge in [-0.1, -0.05) is 36.4 Å². The molecule has 3 aromatic carbocycles. The minimum Gasteiger partial charge on any atom is -0.319 e. The van der Waals surface area contributed by atoms with Gasteiger partial charge < -0.3 is 5.32 Å². The van der Waals surface area contributed by atoms with Gasteiger partial charge in [0.1, 0.15) is 18.0 Å². The van der Waals surface area contributed by atoms with Crippen LogP contribution in [0, 0.1) is 11.6 Å². The molecule has 0 aliphatic carbocycles. The molecule has 28 heavy (non-hydrogen) atoms. The second-order valence-corrected chi connectivity index (χ2v) is 5.94. The van der Waals surface area contributed by atoms with E-state index in [0.29, 0.717) is 11.3 Å². The maximum atomic E-state index is 14.5. The first-order valence-corrected chi connectivity index (χ1v) is 8.31. The number of nitrogens with zero attached hydrogens (tertiary/aromatic N) is 4. The number of anilines is 1. The molecule has 6 nitrogen and oxygen atoms in total. The van der Waals surface area contributed by atoms with Crippen LogP contribution in [-0.2, 0) is 0 Å². The maximum Gasteiger partial charge on any atom is 0.255 e. The van der Waals surface area contributed by atoms with Gasteiger partial charge >= 0.3 is 0 Å². The zero-order valence-corrected chi connectivity index (χ0v) is 14.4. The Kier molecular flexibility index (Phi) is 4.59. The first-order valence-electron chi connectivity index (χ1n) is 8.31. The van der Waals surface area contributed by atoms with Crippen molar-refractivity contribution in [2.75, 3.05) is 5.32 Å². The van der Waals surface area contributed by atoms with Crippen LogP contribution in [0.5, 0.6) is 0 Å². The molecule has 1 aromatic heterocycles. The largest absolute Gasteiger partial charge is 0.319 e. The predicted octanol–water partition coefficient (Wildman–Crippen LogP) is 3.86. The predicted molar refractivity (Wildman–Crippen MR) is 98.9 cm³/mol. The molecule has 4 aromatic rings. The Bertz CT molecular complexity index is 1130. The lowest BCUT2D eigenvalue weighted by Gasteiger charge is -2.13. The molecule has 0 aliphatic rings. The number of amides is 1. The highest BCUT2D eigenvalue weighted by atomic mass is 19.1. The van der Waals surface area contributed by atoms with E-state index in [0.717, 1.165) is 6.07 Å². The van der Waals surface area contributed by atoms with Crippen molar-refractivity contribution in [2.45, 2.75) is 0 Å². The van der Waals surface area contributed by atoms with Gasteiger partial charge in [0, 0.05) is 17.2 Å². The first kappa shape index (κ1) is 17.5. The molecule has 0 saturated heterocycles. The Morgan fingerprint density at radius 1 is 0.964 bits per heavy atom. The number of rotatable bonds is 4. The number of hydrogen-bond acceptors (Lipinski definition) is 4. The molecule has 4 rings (SSSR count). The summed E-state index contributed by atoms with van der Waals surface area (Å²) >= 11 is 0. The molecule has 0 fully saturated rings. The van der Waals surface area contributed by atoms with Crippen LogP contribution in [0.3, 0.4) is 0 Å². The zero-order valence-electron chi connectivity index (χ0n) is 14.4. The van der Waals surface area contributed by atoms with Crippen molar-refractivity contribution in [3.8, 4) is 16.8 Å². The second-order valence-electron chi connectivity index (χ2n) is 5.94. The lowest BCUT2D eigenvalue weighted by atomic mass is 10.0. The summed E-state index contributed by atoms with van der Waals surface area (Å²) in [5.74, 6) is -2.13. The standard InChI is InChI=1S/C20H13F2N5O/c21-15-10-17(13-5-2-1-3-6-13)19(18(22)11-15)24-20(28)14-7-4-8-16(9-14)27-12-23-25-26-27/h1-12H,(H,24,28). The molecule has 8 heteroatoms. The third kappa shape index (κ3) is 3.48. The van der Waals surface area contributed by atoms with E-state index in [1.165, 1.54) is 17.1 Å². The van der Waals surface area contributed by atoms with Crippen LogP contribution in [-0.4, -0.2) is 26.1 Å². The van der Waals surface area contributed by atoms with Crippen molar-refractivity contribution in [3.63, 3.8) is 0 Å². The number of carbonyl (C=O) groups excluding carboxylic acids is 1. The van der Waals surface area contributed by atoms with Crippen molar-refractivity contribution in [1.82, 2.24) is 20.2 Å². The molecule has 0 atom stereocenters. The maximum absolute atomic E-state index is 14.5. The van der Waals surface area contributed by atoms with E-state index in [2.05, 4.69) is 20.8 Å². The summed E-state index contributed by atoms with van der Waals surface area (Å²) in [5, 5.41) is 13.4. The first-order chi connectivity index (χ1) is 13.6. The average molecular weight is 377 g/mol. The van der Waals surface area contributed by atoms with Gasteiger partial charge in [-0.15, -0.1) is 5.10 Å². The molecule has 0 saturated carbocycles. The van der Waals surface area contributed by atoms with E-state index in [1.54, 1.807) is 54.6 Å². The van der Waals surface area contributed by atoms with E-state index in [1.807, 2.05) is 0 Å². The van der Waals surface area contributed by atoms with Gasteiger partial charge in [0.05, 0.1) is 11.4 Å². The average Bonchev–Trinajstić information content (AvgIpc) is 3.25. The van der Waals surface area contributed by atoms with Crippen LogP contribution in [0.1, 0.15) is 10.4 Å². The topological polar surface area (TPSA) is 72.7 Å². The summed E-state index contributed by atoms with van der Waals surface area (Å²) in [6.07, 6.45) is 1.39. The van der Waals surface area contributed by atoms with Crippen molar-refractivity contribution in [2.24, 2.45) is 0 Å². The number of hydrogen-bond donors (Lipinski definition) is 1. The lowest BCUT2D eigenvalue weighted by molar-refractivity contribution is 0.102. The van der Waals surface area contributed by atoms with E-state index in [-0.39, 0.29) is 16.8 Å². The SMILES string of the molecule is O=C(Nc1c(F)cc(F)cc1-c1ccccc1)c1cccc(-n2cnnn2)c1. The number of tetrazole rings is 1. The number of benzene rings is 3. The van der Waals surface area contributed by atoms with E-state index < -0.39 is 17.5 Å². The van der Waals surface area contributed by atoms with Crippen LogP contribution in [0.15, 0.2) is 73.1 Å². The van der Waals surface area contributed by atoms with E-state index >= 15 is 0 Å². The molecule has 0 unspecified atom stereocenters. The number of nitrogens with one attached hydrogen (secondary N) is 1. The summed E-state index contributed by atoms with van der Waals surface area (Å²) in [5.41, 5.74) is 1.59. The van der Waals surface area contributed by atoms with Gasteiger partial charge in [-0.2, -0.15) is 0 Å². The summed E-state index contributed by atoms with van der Waals surface area (Å²) in [4.78, 5) is 12.7. The number of halogens is 2. The highest BCUT2D eigenvalue weighted by Crippen LogP contribution is 2.32. The Morgan fingerprint density at radius 3 is 2.54 bits per heavy atom. The molecule has 1 amide bonds. The van der Waals surface area contributed by atoms with Gasteiger partial charge in [0.15, 0.2) is 0 Å². The van der Waals surface area contributed by atoms with Gasteiger partial charge in [-0.3, -0.25) is 4.79 Å². The minimum atomic E-state index is -0.858. The summed E-state index contributed by atoms with van der Waals surface area (Å²) < 4.78 is 29.7. The fraction of sp³-hybridized carbons (Fsp3) is 0. The molecule has 138 valence electrons. The van der Waals surface area contributed by atoms with E-state index in [4.69, 9.17) is 0 Å². The zero-order chi connectivity index (χ0) is 19.5. The third-order valence-corrected chi connectivity index (χ3v) is 4.10. The smallest absolute Gasteiger partial charge is 0.255 e. The Labute approximate surface area is 158 Å².